The quantitative estimate of drug-likeness (QED) is 0.740. The van der Waals surface area contributed by atoms with Crippen LogP contribution in [0.1, 0.15) is 30.5 Å². The highest BCUT2D eigenvalue weighted by Crippen LogP contribution is 2.38. The van der Waals surface area contributed by atoms with Crippen LogP contribution in [0.15, 0.2) is 18.7 Å². The lowest BCUT2D eigenvalue weighted by atomic mass is 9.84. The molecule has 0 bridgehead atoms. The highest BCUT2D eigenvalue weighted by molar-refractivity contribution is 5.81. The molecule has 1 spiro atoms. The molecule has 3 rings (SSSR count). The van der Waals surface area contributed by atoms with Crippen LogP contribution in [0.5, 0.6) is 0 Å². The first-order chi connectivity index (χ1) is 8.29. The summed E-state index contributed by atoms with van der Waals surface area (Å²) in [7, 11) is 0. The minimum absolute atomic E-state index is 0.0719. The monoisotopic (exact) mass is 236 g/mol. The lowest BCUT2D eigenvalue weighted by molar-refractivity contribution is -0.180. The van der Waals surface area contributed by atoms with Gasteiger partial charge in [-0.1, -0.05) is 0 Å². The first-order valence-electron chi connectivity index (χ1n) is 6.09. The predicted molar refractivity (Wildman–Crippen MR) is 59.4 cm³/mol. The Kier molecular flexibility index (Phi) is 2.72. The van der Waals surface area contributed by atoms with Crippen LogP contribution in [-0.4, -0.2) is 34.5 Å². The second-order valence-corrected chi connectivity index (χ2v) is 4.69. The van der Waals surface area contributed by atoms with E-state index in [0.29, 0.717) is 13.2 Å². The molecular formula is C12H16N2O3. The number of carbonyl (C=O) groups excluding carboxylic acids is 1. The van der Waals surface area contributed by atoms with Crippen molar-refractivity contribution in [1.29, 1.82) is 0 Å². The maximum absolute atomic E-state index is 12.1. The van der Waals surface area contributed by atoms with Crippen molar-refractivity contribution in [3.8, 4) is 0 Å². The molecule has 5 nitrogen and oxygen atoms in total. The summed E-state index contributed by atoms with van der Waals surface area (Å²) in [5.41, 5.74) is 0. The van der Waals surface area contributed by atoms with Crippen LogP contribution in [0.25, 0.3) is 0 Å². The summed E-state index contributed by atoms with van der Waals surface area (Å²) in [5.74, 6) is -0.177. The van der Waals surface area contributed by atoms with Crippen molar-refractivity contribution < 1.29 is 14.3 Å². The third kappa shape index (κ3) is 2.00. The first kappa shape index (κ1) is 10.9. The number of carbonyl (C=O) groups is 1. The van der Waals surface area contributed by atoms with Crippen molar-refractivity contribution in [2.24, 2.45) is 5.92 Å². The van der Waals surface area contributed by atoms with E-state index in [4.69, 9.17) is 9.47 Å². The summed E-state index contributed by atoms with van der Waals surface area (Å²) in [6.07, 6.45) is 8.19. The van der Waals surface area contributed by atoms with Crippen LogP contribution in [0, 0.1) is 5.92 Å². The highest BCUT2D eigenvalue weighted by Gasteiger charge is 2.41. The fourth-order valence-electron chi connectivity index (χ4n) is 2.69. The summed E-state index contributed by atoms with van der Waals surface area (Å²) in [6, 6.07) is 0. The van der Waals surface area contributed by atoms with Gasteiger partial charge in [0.2, 0.25) is 5.91 Å². The Morgan fingerprint density at radius 1 is 1.29 bits per heavy atom. The van der Waals surface area contributed by atoms with E-state index in [0.717, 1.165) is 25.7 Å². The molecule has 1 aromatic heterocycles. The Hall–Kier alpha value is -1.20. The third-order valence-electron chi connectivity index (χ3n) is 3.67. The van der Waals surface area contributed by atoms with E-state index in [1.165, 1.54) is 0 Å². The van der Waals surface area contributed by atoms with Crippen molar-refractivity contribution in [3.63, 3.8) is 0 Å². The van der Waals surface area contributed by atoms with Gasteiger partial charge in [-0.25, -0.2) is 4.98 Å². The Morgan fingerprint density at radius 3 is 2.59 bits per heavy atom. The number of nitrogens with zero attached hydrogens (tertiary/aromatic N) is 2. The molecule has 1 aliphatic carbocycles. The number of hydrogen-bond acceptors (Lipinski definition) is 4. The Bertz CT molecular complexity index is 386. The van der Waals surface area contributed by atoms with Gasteiger partial charge in [0.15, 0.2) is 5.79 Å². The molecule has 1 saturated heterocycles. The van der Waals surface area contributed by atoms with Gasteiger partial charge < -0.3 is 9.47 Å². The minimum Gasteiger partial charge on any atom is -0.348 e. The van der Waals surface area contributed by atoms with Crippen LogP contribution in [-0.2, 0) is 9.47 Å². The van der Waals surface area contributed by atoms with Crippen LogP contribution in [0.3, 0.4) is 0 Å². The van der Waals surface area contributed by atoms with Crippen LogP contribution >= 0.6 is 0 Å². The molecule has 2 heterocycles. The third-order valence-corrected chi connectivity index (χ3v) is 3.67. The molecule has 17 heavy (non-hydrogen) atoms. The maximum Gasteiger partial charge on any atom is 0.234 e. The molecule has 0 unspecified atom stereocenters. The number of imidazole rings is 1. The largest absolute Gasteiger partial charge is 0.348 e. The molecule has 0 atom stereocenters. The van der Waals surface area contributed by atoms with Gasteiger partial charge in [-0.3, -0.25) is 9.36 Å². The van der Waals surface area contributed by atoms with E-state index in [9.17, 15) is 4.79 Å². The Morgan fingerprint density at radius 2 is 2.00 bits per heavy atom. The smallest absolute Gasteiger partial charge is 0.234 e. The van der Waals surface area contributed by atoms with Gasteiger partial charge in [-0.05, 0) is 12.8 Å². The van der Waals surface area contributed by atoms with E-state index in [-0.39, 0.29) is 17.6 Å². The van der Waals surface area contributed by atoms with E-state index < -0.39 is 0 Å². The molecule has 1 saturated carbocycles. The second-order valence-electron chi connectivity index (χ2n) is 4.69. The van der Waals surface area contributed by atoms with Gasteiger partial charge in [0, 0.05) is 31.2 Å². The molecule has 0 N–H and O–H groups in total. The highest BCUT2D eigenvalue weighted by atomic mass is 16.7. The van der Waals surface area contributed by atoms with Gasteiger partial charge in [0.25, 0.3) is 0 Å². The zero-order valence-corrected chi connectivity index (χ0v) is 9.67. The molecular weight excluding hydrogens is 220 g/mol. The van der Waals surface area contributed by atoms with Crippen molar-refractivity contribution in [2.75, 3.05) is 13.2 Å². The Balaban J connectivity index is 1.63. The lowest BCUT2D eigenvalue weighted by Gasteiger charge is -2.34. The SMILES string of the molecule is O=C(C1CCC2(CC1)OCCO2)n1ccnc1. The lowest BCUT2D eigenvalue weighted by Crippen LogP contribution is -2.38. The Labute approximate surface area is 99.7 Å². The average molecular weight is 236 g/mol. The van der Waals surface area contributed by atoms with Crippen LogP contribution < -0.4 is 0 Å². The van der Waals surface area contributed by atoms with Gasteiger partial charge >= 0.3 is 0 Å². The van der Waals surface area contributed by atoms with E-state index in [1.807, 2.05) is 0 Å². The average Bonchev–Trinajstić information content (AvgIpc) is 3.01. The first-order valence-corrected chi connectivity index (χ1v) is 6.09. The predicted octanol–water partition coefficient (Wildman–Crippen LogP) is 1.46. The van der Waals surface area contributed by atoms with E-state index >= 15 is 0 Å². The fourth-order valence-corrected chi connectivity index (χ4v) is 2.69. The van der Waals surface area contributed by atoms with Crippen molar-refractivity contribution >= 4 is 5.91 Å². The van der Waals surface area contributed by atoms with Crippen molar-refractivity contribution in [2.45, 2.75) is 31.5 Å². The van der Waals surface area contributed by atoms with E-state index in [1.54, 1.807) is 23.3 Å². The van der Waals surface area contributed by atoms with Crippen molar-refractivity contribution in [3.05, 3.63) is 18.7 Å². The number of aromatic nitrogens is 2. The fraction of sp³-hybridized carbons (Fsp3) is 0.667. The standard InChI is InChI=1S/C12H16N2O3/c15-11(14-6-5-13-9-14)10-1-3-12(4-2-10)16-7-8-17-12/h5-6,9-10H,1-4,7-8H2. The van der Waals surface area contributed by atoms with Gasteiger partial charge in [-0.2, -0.15) is 0 Å². The molecule has 0 aromatic carbocycles. The second kappa shape index (κ2) is 4.23. The van der Waals surface area contributed by atoms with Crippen molar-refractivity contribution in [1.82, 2.24) is 9.55 Å². The van der Waals surface area contributed by atoms with Crippen LogP contribution in [0.4, 0.5) is 0 Å². The molecule has 92 valence electrons. The maximum atomic E-state index is 12.1. The summed E-state index contributed by atoms with van der Waals surface area (Å²) < 4.78 is 12.9. The molecule has 1 aliphatic heterocycles. The normalized spacial score (nSPS) is 24.2. The minimum atomic E-state index is -0.383. The summed E-state index contributed by atoms with van der Waals surface area (Å²) >= 11 is 0. The molecule has 2 aliphatic rings. The van der Waals surface area contributed by atoms with Crippen LogP contribution in [0.2, 0.25) is 0 Å². The van der Waals surface area contributed by atoms with Gasteiger partial charge in [-0.15, -0.1) is 0 Å². The molecule has 2 fully saturated rings. The number of hydrogen-bond donors (Lipinski definition) is 0. The molecule has 0 radical (unpaired) electrons. The molecule has 1 aromatic rings. The van der Waals surface area contributed by atoms with Gasteiger partial charge in [0.05, 0.1) is 13.2 Å². The zero-order valence-electron chi connectivity index (χ0n) is 9.67. The van der Waals surface area contributed by atoms with E-state index in [2.05, 4.69) is 4.98 Å². The summed E-state index contributed by atoms with van der Waals surface area (Å²) in [6.45, 7) is 1.36. The zero-order chi connectivity index (χ0) is 11.7. The molecule has 0 amide bonds. The molecule has 5 heteroatoms. The van der Waals surface area contributed by atoms with Gasteiger partial charge in [0.1, 0.15) is 6.33 Å². The summed E-state index contributed by atoms with van der Waals surface area (Å²) in [4.78, 5) is 16.0. The number of ether oxygens (including phenoxy) is 2. The number of rotatable bonds is 1. The summed E-state index contributed by atoms with van der Waals surface area (Å²) in [5, 5.41) is 0. The topological polar surface area (TPSA) is 53.4 Å².